The van der Waals surface area contributed by atoms with E-state index in [1.165, 1.54) is 0 Å². The molecule has 1 aromatic rings. The van der Waals surface area contributed by atoms with E-state index in [2.05, 4.69) is 6.07 Å². The Morgan fingerprint density at radius 2 is 1.82 bits per heavy atom. The number of hydrogen-bond acceptors (Lipinski definition) is 4. The summed E-state index contributed by atoms with van der Waals surface area (Å²) in [6, 6.07) is 11.5. The lowest BCUT2D eigenvalue weighted by atomic mass is 9.90. The van der Waals surface area contributed by atoms with Gasteiger partial charge in [-0.25, -0.2) is 0 Å². The highest BCUT2D eigenvalue weighted by Crippen LogP contribution is 2.36. The fraction of sp³-hybridized carbons (Fsp3) is 0.591. The maximum Gasteiger partial charge on any atom is 0.245 e. The van der Waals surface area contributed by atoms with Crippen LogP contribution in [0, 0.1) is 17.2 Å². The van der Waals surface area contributed by atoms with Crippen molar-refractivity contribution < 1.29 is 9.59 Å². The van der Waals surface area contributed by atoms with Crippen LogP contribution in [-0.2, 0) is 9.59 Å². The van der Waals surface area contributed by atoms with Crippen molar-refractivity contribution in [1.82, 2.24) is 9.80 Å². The largest absolute Gasteiger partial charge is 0.339 e. The van der Waals surface area contributed by atoms with Crippen LogP contribution < -0.4 is 5.73 Å². The number of fused-ring (bicyclic) bond motifs is 1. The Balaban J connectivity index is 1.53. The van der Waals surface area contributed by atoms with Crippen LogP contribution in [0.2, 0.25) is 0 Å². The van der Waals surface area contributed by atoms with Gasteiger partial charge in [-0.1, -0.05) is 43.2 Å². The van der Waals surface area contributed by atoms with Gasteiger partial charge < -0.3 is 15.5 Å². The van der Waals surface area contributed by atoms with Gasteiger partial charge in [0.05, 0.1) is 18.0 Å². The number of carbonyl (C=O) groups excluding carboxylic acids is 2. The summed E-state index contributed by atoms with van der Waals surface area (Å²) in [4.78, 5) is 29.9. The number of carbonyl (C=O) groups is 2. The molecule has 4 rings (SSSR count). The maximum atomic E-state index is 13.4. The number of nitrogens with zero attached hydrogens (tertiary/aromatic N) is 3. The van der Waals surface area contributed by atoms with Gasteiger partial charge >= 0.3 is 0 Å². The second kappa shape index (κ2) is 7.92. The summed E-state index contributed by atoms with van der Waals surface area (Å²) in [5, 5.41) is 9.63. The van der Waals surface area contributed by atoms with Crippen LogP contribution in [0.5, 0.6) is 0 Å². The number of likely N-dealkylation sites (tertiary alicyclic amines) is 1. The standard InChI is InChI=1S/C22H28N4O2/c23-12-16-13-25(14-18(16)15-6-2-1-3-7-15)22(28)20-11-10-17-8-4-5-9-19(24)21(27)26(17)20/h1-3,6-7,16-20H,4-5,8-11,13-14,24H2/t16-,17-,18+,19-,20-/m0/s1. The summed E-state index contributed by atoms with van der Waals surface area (Å²) in [6.45, 7) is 0.973. The molecule has 0 radical (unpaired) electrons. The minimum Gasteiger partial charge on any atom is -0.339 e. The van der Waals surface area contributed by atoms with Crippen LogP contribution in [0.3, 0.4) is 0 Å². The molecule has 3 saturated heterocycles. The predicted octanol–water partition coefficient (Wildman–Crippen LogP) is 2.01. The van der Waals surface area contributed by atoms with Gasteiger partial charge in [-0.3, -0.25) is 9.59 Å². The average Bonchev–Trinajstić information content (AvgIpc) is 3.34. The lowest BCUT2D eigenvalue weighted by Crippen LogP contribution is -2.55. The molecule has 3 heterocycles. The summed E-state index contributed by atoms with van der Waals surface area (Å²) in [5.74, 6) is -0.273. The molecule has 2 amide bonds. The minimum absolute atomic E-state index is 0.0118. The van der Waals surface area contributed by atoms with E-state index in [1.54, 1.807) is 9.80 Å². The summed E-state index contributed by atoms with van der Waals surface area (Å²) in [7, 11) is 0. The van der Waals surface area contributed by atoms with Gasteiger partial charge in [-0.2, -0.15) is 5.26 Å². The van der Waals surface area contributed by atoms with E-state index in [0.717, 1.165) is 31.2 Å². The summed E-state index contributed by atoms with van der Waals surface area (Å²) >= 11 is 0. The van der Waals surface area contributed by atoms with Gasteiger partial charge in [0, 0.05) is 25.0 Å². The van der Waals surface area contributed by atoms with Crippen molar-refractivity contribution in [3.63, 3.8) is 0 Å². The second-order valence-electron chi connectivity index (χ2n) is 8.38. The SMILES string of the molecule is N#C[C@H]1CN(C(=O)[C@@H]2CC[C@@H]3CCCC[C@H](N)C(=O)N32)C[C@@H]1c1ccccc1. The Morgan fingerprint density at radius 3 is 2.57 bits per heavy atom. The highest BCUT2D eigenvalue weighted by atomic mass is 16.2. The molecule has 0 aliphatic carbocycles. The topological polar surface area (TPSA) is 90.4 Å². The molecule has 0 spiro atoms. The van der Waals surface area contributed by atoms with Gasteiger partial charge in [-0.05, 0) is 31.2 Å². The Bertz CT molecular complexity index is 774. The molecule has 0 saturated carbocycles. The first kappa shape index (κ1) is 18.9. The van der Waals surface area contributed by atoms with Gasteiger partial charge in [0.15, 0.2) is 0 Å². The van der Waals surface area contributed by atoms with E-state index in [4.69, 9.17) is 5.73 Å². The minimum atomic E-state index is -0.501. The zero-order chi connectivity index (χ0) is 19.7. The van der Waals surface area contributed by atoms with Crippen molar-refractivity contribution in [3.8, 4) is 6.07 Å². The summed E-state index contributed by atoms with van der Waals surface area (Å²) in [5.41, 5.74) is 7.20. The molecule has 3 aliphatic heterocycles. The van der Waals surface area contributed by atoms with Crippen molar-refractivity contribution >= 4 is 11.8 Å². The van der Waals surface area contributed by atoms with Gasteiger partial charge in [0.1, 0.15) is 6.04 Å². The Kier molecular flexibility index (Phi) is 5.36. The normalized spacial score (nSPS) is 33.1. The maximum absolute atomic E-state index is 13.4. The molecule has 3 fully saturated rings. The Hall–Kier alpha value is -2.39. The second-order valence-corrected chi connectivity index (χ2v) is 8.38. The van der Waals surface area contributed by atoms with Gasteiger partial charge in [-0.15, -0.1) is 0 Å². The van der Waals surface area contributed by atoms with E-state index in [-0.39, 0.29) is 29.7 Å². The smallest absolute Gasteiger partial charge is 0.245 e. The molecule has 5 atom stereocenters. The average molecular weight is 380 g/mol. The summed E-state index contributed by atoms with van der Waals surface area (Å²) in [6.07, 6.45) is 5.25. The third-order valence-corrected chi connectivity index (χ3v) is 6.69. The van der Waals surface area contributed by atoms with E-state index in [9.17, 15) is 14.9 Å². The molecule has 0 unspecified atom stereocenters. The molecule has 28 heavy (non-hydrogen) atoms. The number of hydrogen-bond donors (Lipinski definition) is 1. The van der Waals surface area contributed by atoms with Crippen LogP contribution in [0.25, 0.3) is 0 Å². The number of rotatable bonds is 2. The fourth-order valence-electron chi connectivity index (χ4n) is 5.16. The van der Waals surface area contributed by atoms with Gasteiger partial charge in [0.2, 0.25) is 11.8 Å². The first-order valence-corrected chi connectivity index (χ1v) is 10.4. The third-order valence-electron chi connectivity index (χ3n) is 6.69. The Morgan fingerprint density at radius 1 is 1.07 bits per heavy atom. The predicted molar refractivity (Wildman–Crippen MR) is 105 cm³/mol. The van der Waals surface area contributed by atoms with E-state index in [0.29, 0.717) is 25.9 Å². The summed E-state index contributed by atoms with van der Waals surface area (Å²) < 4.78 is 0. The first-order chi connectivity index (χ1) is 13.6. The Labute approximate surface area is 166 Å². The zero-order valence-corrected chi connectivity index (χ0v) is 16.2. The van der Waals surface area contributed by atoms with Crippen molar-refractivity contribution in [1.29, 1.82) is 5.26 Å². The highest BCUT2D eigenvalue weighted by molar-refractivity contribution is 5.91. The number of benzene rings is 1. The molecule has 148 valence electrons. The first-order valence-electron chi connectivity index (χ1n) is 10.4. The molecule has 2 N–H and O–H groups in total. The molecule has 3 aliphatic rings. The van der Waals surface area contributed by atoms with Crippen LogP contribution in [0.15, 0.2) is 30.3 Å². The fourth-order valence-corrected chi connectivity index (χ4v) is 5.16. The van der Waals surface area contributed by atoms with Crippen LogP contribution in [0.4, 0.5) is 0 Å². The molecule has 6 heteroatoms. The van der Waals surface area contributed by atoms with Gasteiger partial charge in [0.25, 0.3) is 0 Å². The molecule has 6 nitrogen and oxygen atoms in total. The monoisotopic (exact) mass is 380 g/mol. The van der Waals surface area contributed by atoms with Crippen molar-refractivity contribution in [2.24, 2.45) is 11.7 Å². The van der Waals surface area contributed by atoms with Crippen LogP contribution in [-0.4, -0.2) is 52.8 Å². The lowest BCUT2D eigenvalue weighted by molar-refractivity contribution is -0.146. The van der Waals surface area contributed by atoms with Crippen molar-refractivity contribution in [2.45, 2.75) is 62.6 Å². The molecule has 0 aromatic heterocycles. The number of amides is 2. The molecule has 1 aromatic carbocycles. The van der Waals surface area contributed by atoms with E-state index in [1.807, 2.05) is 30.3 Å². The van der Waals surface area contributed by atoms with Crippen molar-refractivity contribution in [2.75, 3.05) is 13.1 Å². The lowest BCUT2D eigenvalue weighted by Gasteiger charge is -2.35. The van der Waals surface area contributed by atoms with Crippen molar-refractivity contribution in [3.05, 3.63) is 35.9 Å². The van der Waals surface area contributed by atoms with E-state index >= 15 is 0 Å². The highest BCUT2D eigenvalue weighted by Gasteiger charge is 2.46. The molecule has 0 bridgehead atoms. The number of nitrogens with two attached hydrogens (primary N) is 1. The zero-order valence-electron chi connectivity index (χ0n) is 16.2. The third kappa shape index (κ3) is 3.40. The number of nitriles is 1. The molecular weight excluding hydrogens is 352 g/mol. The van der Waals surface area contributed by atoms with E-state index < -0.39 is 12.1 Å². The van der Waals surface area contributed by atoms with Crippen LogP contribution >= 0.6 is 0 Å². The quantitative estimate of drug-likeness (QED) is 0.850. The van der Waals surface area contributed by atoms with Crippen LogP contribution in [0.1, 0.15) is 50.0 Å². The molecular formula is C22H28N4O2.